The molecular formula is C14H13NO2. The van der Waals surface area contributed by atoms with Crippen molar-refractivity contribution >= 4 is 6.29 Å². The Labute approximate surface area is 100 Å². The van der Waals surface area contributed by atoms with E-state index in [4.69, 9.17) is 4.74 Å². The molecule has 1 aromatic carbocycles. The lowest BCUT2D eigenvalue weighted by molar-refractivity contribution is 0.112. The van der Waals surface area contributed by atoms with Gasteiger partial charge in [0.15, 0.2) is 6.29 Å². The number of aldehydes is 1. The normalized spacial score (nSPS) is 9.94. The van der Waals surface area contributed by atoms with Crippen molar-refractivity contribution in [2.45, 2.75) is 6.42 Å². The zero-order valence-electron chi connectivity index (χ0n) is 9.59. The average Bonchev–Trinajstić information content (AvgIpc) is 2.40. The minimum Gasteiger partial charge on any atom is -0.497 e. The van der Waals surface area contributed by atoms with Crippen LogP contribution in [0.4, 0.5) is 0 Å². The predicted octanol–water partition coefficient (Wildman–Crippen LogP) is 2.49. The van der Waals surface area contributed by atoms with Gasteiger partial charge in [-0.2, -0.15) is 0 Å². The van der Waals surface area contributed by atoms with Crippen molar-refractivity contribution < 1.29 is 9.53 Å². The lowest BCUT2D eigenvalue weighted by Crippen LogP contribution is -1.93. The van der Waals surface area contributed by atoms with Crippen LogP contribution in [0, 0.1) is 0 Å². The average molecular weight is 227 g/mol. The molecule has 1 aromatic heterocycles. The van der Waals surface area contributed by atoms with Gasteiger partial charge >= 0.3 is 0 Å². The number of nitrogens with zero attached hydrogens (tertiary/aromatic N) is 1. The van der Waals surface area contributed by atoms with Crippen molar-refractivity contribution in [3.8, 4) is 5.75 Å². The van der Waals surface area contributed by atoms with Crippen molar-refractivity contribution in [3.05, 3.63) is 59.4 Å². The van der Waals surface area contributed by atoms with Gasteiger partial charge in [0.05, 0.1) is 7.11 Å². The molecule has 0 radical (unpaired) electrons. The van der Waals surface area contributed by atoms with Crippen LogP contribution in [-0.4, -0.2) is 18.4 Å². The summed E-state index contributed by atoms with van der Waals surface area (Å²) in [7, 11) is 1.65. The summed E-state index contributed by atoms with van der Waals surface area (Å²) in [5, 5.41) is 0. The topological polar surface area (TPSA) is 39.2 Å². The van der Waals surface area contributed by atoms with Crippen LogP contribution in [0.15, 0.2) is 42.6 Å². The minimum absolute atomic E-state index is 0.600. The number of hydrogen-bond acceptors (Lipinski definition) is 3. The number of aromatic nitrogens is 1. The molecule has 0 atom stereocenters. The molecule has 0 fully saturated rings. The van der Waals surface area contributed by atoms with Crippen molar-refractivity contribution in [3.63, 3.8) is 0 Å². The van der Waals surface area contributed by atoms with Gasteiger partial charge in [-0.1, -0.05) is 12.1 Å². The van der Waals surface area contributed by atoms with Crippen LogP contribution in [0.2, 0.25) is 0 Å². The van der Waals surface area contributed by atoms with E-state index < -0.39 is 0 Å². The van der Waals surface area contributed by atoms with Crippen LogP contribution in [0.3, 0.4) is 0 Å². The molecule has 0 spiro atoms. The Balaban J connectivity index is 2.10. The van der Waals surface area contributed by atoms with E-state index in [1.807, 2.05) is 30.3 Å². The summed E-state index contributed by atoms with van der Waals surface area (Å²) in [5.41, 5.74) is 2.71. The molecule has 0 saturated carbocycles. The molecule has 0 aliphatic rings. The zero-order chi connectivity index (χ0) is 12.1. The fourth-order valence-corrected chi connectivity index (χ4v) is 1.56. The Kier molecular flexibility index (Phi) is 3.50. The van der Waals surface area contributed by atoms with Crippen molar-refractivity contribution in [1.82, 2.24) is 4.98 Å². The Bertz CT molecular complexity index is 489. The monoisotopic (exact) mass is 227 g/mol. The number of benzene rings is 1. The Morgan fingerprint density at radius 3 is 2.47 bits per heavy atom. The standard InChI is InChI=1S/C14H13NO2/c1-17-14-6-3-11(4-7-14)8-13-5-2-12(10-16)9-15-13/h2-7,9-10H,8H2,1H3. The number of ether oxygens (including phenoxy) is 1. The molecule has 3 heteroatoms. The second-order valence-corrected chi connectivity index (χ2v) is 3.73. The molecule has 0 aliphatic carbocycles. The minimum atomic E-state index is 0.600. The second kappa shape index (κ2) is 5.25. The number of pyridine rings is 1. The smallest absolute Gasteiger partial charge is 0.151 e. The van der Waals surface area contributed by atoms with Crippen LogP contribution in [-0.2, 0) is 6.42 Å². The van der Waals surface area contributed by atoms with E-state index in [0.29, 0.717) is 5.56 Å². The maximum atomic E-state index is 10.5. The zero-order valence-corrected chi connectivity index (χ0v) is 9.59. The van der Waals surface area contributed by atoms with E-state index in [1.54, 1.807) is 19.4 Å². The molecule has 86 valence electrons. The highest BCUT2D eigenvalue weighted by atomic mass is 16.5. The first-order valence-corrected chi connectivity index (χ1v) is 5.35. The molecule has 3 nitrogen and oxygen atoms in total. The molecule has 17 heavy (non-hydrogen) atoms. The van der Waals surface area contributed by atoms with Gasteiger partial charge in [0.1, 0.15) is 5.75 Å². The van der Waals surface area contributed by atoms with Crippen LogP contribution < -0.4 is 4.74 Å². The molecule has 0 saturated heterocycles. The molecule has 0 N–H and O–H groups in total. The van der Waals surface area contributed by atoms with Crippen molar-refractivity contribution in [1.29, 1.82) is 0 Å². The van der Waals surface area contributed by atoms with Gasteiger partial charge in [-0.15, -0.1) is 0 Å². The molecule has 1 heterocycles. The van der Waals surface area contributed by atoms with Crippen LogP contribution in [0.5, 0.6) is 5.75 Å². The van der Waals surface area contributed by atoms with Crippen molar-refractivity contribution in [2.75, 3.05) is 7.11 Å². The number of carbonyl (C=O) groups is 1. The lowest BCUT2D eigenvalue weighted by Gasteiger charge is -2.03. The third-order valence-corrected chi connectivity index (χ3v) is 2.53. The molecule has 0 aliphatic heterocycles. The van der Waals surface area contributed by atoms with Crippen molar-refractivity contribution in [2.24, 2.45) is 0 Å². The highest BCUT2D eigenvalue weighted by molar-refractivity contribution is 5.73. The maximum Gasteiger partial charge on any atom is 0.151 e. The Morgan fingerprint density at radius 2 is 1.94 bits per heavy atom. The fourth-order valence-electron chi connectivity index (χ4n) is 1.56. The van der Waals surface area contributed by atoms with Crippen LogP contribution in [0.1, 0.15) is 21.6 Å². The van der Waals surface area contributed by atoms with Gasteiger partial charge in [0.25, 0.3) is 0 Å². The number of hydrogen-bond donors (Lipinski definition) is 0. The highest BCUT2D eigenvalue weighted by Gasteiger charge is 1.99. The summed E-state index contributed by atoms with van der Waals surface area (Å²) in [6, 6.07) is 11.5. The summed E-state index contributed by atoms with van der Waals surface area (Å²) >= 11 is 0. The van der Waals surface area contributed by atoms with Gasteiger partial charge in [-0.3, -0.25) is 9.78 Å². The maximum absolute atomic E-state index is 10.5. The summed E-state index contributed by atoms with van der Waals surface area (Å²) in [4.78, 5) is 14.7. The Hall–Kier alpha value is -2.16. The fraction of sp³-hybridized carbons (Fsp3) is 0.143. The molecule has 0 bridgehead atoms. The van der Waals surface area contributed by atoms with E-state index in [-0.39, 0.29) is 0 Å². The summed E-state index contributed by atoms with van der Waals surface area (Å²) in [5.74, 6) is 0.845. The Morgan fingerprint density at radius 1 is 1.18 bits per heavy atom. The van der Waals surface area contributed by atoms with E-state index in [1.165, 1.54) is 0 Å². The van der Waals surface area contributed by atoms with Gasteiger partial charge in [0, 0.05) is 23.9 Å². The lowest BCUT2D eigenvalue weighted by atomic mass is 10.1. The second-order valence-electron chi connectivity index (χ2n) is 3.73. The van der Waals surface area contributed by atoms with Gasteiger partial charge in [-0.05, 0) is 29.8 Å². The molecular weight excluding hydrogens is 214 g/mol. The first-order valence-electron chi connectivity index (χ1n) is 5.35. The van der Waals surface area contributed by atoms with Gasteiger partial charge in [-0.25, -0.2) is 0 Å². The molecule has 0 unspecified atom stereocenters. The highest BCUT2D eigenvalue weighted by Crippen LogP contribution is 2.13. The summed E-state index contributed by atoms with van der Waals surface area (Å²) < 4.78 is 5.10. The van der Waals surface area contributed by atoms with E-state index in [0.717, 1.165) is 29.7 Å². The molecule has 2 aromatic rings. The van der Waals surface area contributed by atoms with Gasteiger partial charge < -0.3 is 4.74 Å². The van der Waals surface area contributed by atoms with Crippen LogP contribution >= 0.6 is 0 Å². The SMILES string of the molecule is COc1ccc(Cc2ccc(C=O)cn2)cc1. The predicted molar refractivity (Wildman–Crippen MR) is 65.4 cm³/mol. The van der Waals surface area contributed by atoms with Gasteiger partial charge in [0.2, 0.25) is 0 Å². The molecule has 2 rings (SSSR count). The largest absolute Gasteiger partial charge is 0.497 e. The van der Waals surface area contributed by atoms with Crippen LogP contribution in [0.25, 0.3) is 0 Å². The number of carbonyl (C=O) groups excluding carboxylic acids is 1. The number of methoxy groups -OCH3 is 1. The third kappa shape index (κ3) is 2.91. The first kappa shape index (κ1) is 11.3. The summed E-state index contributed by atoms with van der Waals surface area (Å²) in [6.45, 7) is 0. The van der Waals surface area contributed by atoms with E-state index >= 15 is 0 Å². The quantitative estimate of drug-likeness (QED) is 0.753. The van der Waals surface area contributed by atoms with E-state index in [2.05, 4.69) is 4.98 Å². The summed E-state index contributed by atoms with van der Waals surface area (Å²) in [6.07, 6.45) is 3.14. The van der Waals surface area contributed by atoms with E-state index in [9.17, 15) is 4.79 Å². The first-order chi connectivity index (χ1) is 8.31. The number of rotatable bonds is 4. The third-order valence-electron chi connectivity index (χ3n) is 2.53. The molecule has 0 amide bonds.